The second kappa shape index (κ2) is 14.0. The molecule has 146 valence electrons. The summed E-state index contributed by atoms with van der Waals surface area (Å²) in [5.74, 6) is -1.36. The average molecular weight is 386 g/mol. The highest BCUT2D eigenvalue weighted by Gasteiger charge is 2.14. The largest absolute Gasteiger partial charge is 0.286 e. The maximum absolute atomic E-state index is 11.5. The van der Waals surface area contributed by atoms with Crippen molar-refractivity contribution in [2.75, 3.05) is 18.1 Å². The lowest BCUT2D eigenvalue weighted by Gasteiger charge is -2.06. The van der Waals surface area contributed by atoms with Gasteiger partial charge >= 0.3 is 0 Å². The van der Waals surface area contributed by atoms with Crippen molar-refractivity contribution in [2.24, 2.45) is 0 Å². The lowest BCUT2D eigenvalue weighted by atomic mass is 10.1. The van der Waals surface area contributed by atoms with Crippen molar-refractivity contribution in [1.82, 2.24) is 4.72 Å². The molecule has 0 heterocycles. The topological polar surface area (TPSA) is 101 Å². The Morgan fingerprint density at radius 3 is 1.50 bits per heavy atom. The first-order chi connectivity index (χ1) is 11.3. The summed E-state index contributed by atoms with van der Waals surface area (Å²) in [7, 11) is -7.85. The first-order valence-electron chi connectivity index (χ1n) is 9.19. The molecule has 0 bridgehead atoms. The SMILES string of the molecule is CCCCCCCCCCCCCCNS(=O)(=O)CCS(=O)(=O)O. The lowest BCUT2D eigenvalue weighted by molar-refractivity contribution is 0.483. The van der Waals surface area contributed by atoms with E-state index in [2.05, 4.69) is 11.6 Å². The van der Waals surface area contributed by atoms with Gasteiger partial charge in [0.25, 0.3) is 10.1 Å². The standard InChI is InChI=1S/C16H35NO5S2/c1-2-3-4-5-6-7-8-9-10-11-12-13-14-17-23(18,19)15-16-24(20,21)22/h17H,2-16H2,1H3,(H,20,21,22). The summed E-state index contributed by atoms with van der Waals surface area (Å²) in [4.78, 5) is 0. The molecule has 0 aliphatic carbocycles. The molecule has 0 fully saturated rings. The van der Waals surface area contributed by atoms with Crippen molar-refractivity contribution in [1.29, 1.82) is 0 Å². The summed E-state index contributed by atoms with van der Waals surface area (Å²) in [5.41, 5.74) is 0. The molecule has 24 heavy (non-hydrogen) atoms. The maximum atomic E-state index is 11.5. The van der Waals surface area contributed by atoms with Crippen molar-refractivity contribution in [3.8, 4) is 0 Å². The summed E-state index contributed by atoms with van der Waals surface area (Å²) < 4.78 is 55.0. The Labute approximate surface area is 148 Å². The third-order valence-electron chi connectivity index (χ3n) is 3.96. The molecule has 0 aromatic rings. The van der Waals surface area contributed by atoms with E-state index in [4.69, 9.17) is 4.55 Å². The molecule has 0 aliphatic heterocycles. The van der Waals surface area contributed by atoms with Gasteiger partial charge in [0.15, 0.2) is 0 Å². The Bertz CT molecular complexity index is 489. The second-order valence-corrected chi connectivity index (χ2v) is 9.89. The van der Waals surface area contributed by atoms with Gasteiger partial charge in [-0.05, 0) is 6.42 Å². The zero-order chi connectivity index (χ0) is 18.3. The smallest absolute Gasteiger partial charge is 0.265 e. The molecule has 2 N–H and O–H groups in total. The Hall–Kier alpha value is -0.180. The van der Waals surface area contributed by atoms with Crippen molar-refractivity contribution >= 4 is 20.1 Å². The fourth-order valence-corrected chi connectivity index (χ4v) is 4.80. The lowest BCUT2D eigenvalue weighted by Crippen LogP contribution is -2.30. The van der Waals surface area contributed by atoms with Gasteiger partial charge in [-0.2, -0.15) is 8.42 Å². The van der Waals surface area contributed by atoms with E-state index >= 15 is 0 Å². The Balaban J connectivity index is 3.38. The van der Waals surface area contributed by atoms with E-state index < -0.39 is 31.6 Å². The van der Waals surface area contributed by atoms with Gasteiger partial charge in [-0.3, -0.25) is 4.55 Å². The van der Waals surface area contributed by atoms with Crippen LogP contribution >= 0.6 is 0 Å². The van der Waals surface area contributed by atoms with Gasteiger partial charge in [-0.15, -0.1) is 0 Å². The zero-order valence-corrected chi connectivity index (χ0v) is 16.6. The van der Waals surface area contributed by atoms with E-state index in [1.807, 2.05) is 0 Å². The second-order valence-electron chi connectivity index (χ2n) is 6.39. The molecular formula is C16H35NO5S2. The molecule has 0 aromatic heterocycles. The predicted molar refractivity (Wildman–Crippen MR) is 99.3 cm³/mol. The van der Waals surface area contributed by atoms with E-state index in [0.717, 1.165) is 19.3 Å². The Morgan fingerprint density at radius 2 is 1.08 bits per heavy atom. The minimum absolute atomic E-state index is 0.325. The van der Waals surface area contributed by atoms with Crippen LogP contribution in [0.4, 0.5) is 0 Å². The fourth-order valence-electron chi connectivity index (χ4n) is 2.48. The molecule has 0 unspecified atom stereocenters. The molecule has 0 aromatic carbocycles. The van der Waals surface area contributed by atoms with Gasteiger partial charge in [0.2, 0.25) is 10.0 Å². The number of hydrogen-bond donors (Lipinski definition) is 2. The van der Waals surface area contributed by atoms with Gasteiger partial charge in [0.1, 0.15) is 0 Å². The van der Waals surface area contributed by atoms with E-state index in [9.17, 15) is 16.8 Å². The number of hydrogen-bond acceptors (Lipinski definition) is 4. The van der Waals surface area contributed by atoms with Gasteiger partial charge < -0.3 is 0 Å². The minimum Gasteiger partial charge on any atom is -0.286 e. The highest BCUT2D eigenvalue weighted by atomic mass is 32.2. The van der Waals surface area contributed by atoms with Crippen LogP contribution in [0.5, 0.6) is 0 Å². The predicted octanol–water partition coefficient (Wildman–Crippen LogP) is 3.49. The van der Waals surface area contributed by atoms with Crippen LogP contribution in [0.2, 0.25) is 0 Å². The van der Waals surface area contributed by atoms with Gasteiger partial charge in [0, 0.05) is 6.54 Å². The summed E-state index contributed by atoms with van der Waals surface area (Å²) in [6.45, 7) is 2.55. The molecule has 0 rings (SSSR count). The van der Waals surface area contributed by atoms with Crippen LogP contribution in [-0.2, 0) is 20.1 Å². The minimum atomic E-state index is -4.23. The van der Waals surface area contributed by atoms with Gasteiger partial charge in [-0.1, -0.05) is 77.6 Å². The maximum Gasteiger partial charge on any atom is 0.265 e. The van der Waals surface area contributed by atoms with Gasteiger partial charge in [-0.25, -0.2) is 13.1 Å². The van der Waals surface area contributed by atoms with E-state index in [1.165, 1.54) is 57.8 Å². The summed E-state index contributed by atoms with van der Waals surface area (Å²) >= 11 is 0. The fraction of sp³-hybridized carbons (Fsp3) is 1.00. The Kier molecular flexibility index (Phi) is 13.9. The monoisotopic (exact) mass is 385 g/mol. The quantitative estimate of drug-likeness (QED) is 0.295. The molecule has 8 heteroatoms. The average Bonchev–Trinajstić information content (AvgIpc) is 2.49. The van der Waals surface area contributed by atoms with Crippen LogP contribution in [0.1, 0.15) is 84.0 Å². The zero-order valence-electron chi connectivity index (χ0n) is 15.0. The summed E-state index contributed by atoms with van der Waals surface area (Å²) in [5, 5.41) is 0. The summed E-state index contributed by atoms with van der Waals surface area (Å²) in [6, 6.07) is 0. The summed E-state index contributed by atoms with van der Waals surface area (Å²) in [6.07, 6.45) is 14.5. The first-order valence-corrected chi connectivity index (χ1v) is 12.5. The van der Waals surface area contributed by atoms with Crippen LogP contribution in [0, 0.1) is 0 Å². The van der Waals surface area contributed by atoms with E-state index in [-0.39, 0.29) is 0 Å². The molecule has 0 atom stereocenters. The molecule has 0 saturated carbocycles. The number of nitrogens with one attached hydrogen (secondary N) is 1. The van der Waals surface area contributed by atoms with Crippen LogP contribution in [0.25, 0.3) is 0 Å². The third-order valence-corrected chi connectivity index (χ3v) is 6.33. The number of rotatable bonds is 17. The highest BCUT2D eigenvalue weighted by Crippen LogP contribution is 2.11. The third kappa shape index (κ3) is 18.2. The van der Waals surface area contributed by atoms with Crippen LogP contribution < -0.4 is 4.72 Å². The van der Waals surface area contributed by atoms with Crippen LogP contribution in [-0.4, -0.2) is 39.4 Å². The van der Waals surface area contributed by atoms with Crippen molar-refractivity contribution in [3.63, 3.8) is 0 Å². The molecule has 0 aliphatic rings. The normalized spacial score (nSPS) is 12.6. The Morgan fingerprint density at radius 1 is 0.667 bits per heavy atom. The number of sulfonamides is 1. The van der Waals surface area contributed by atoms with Crippen molar-refractivity contribution in [3.05, 3.63) is 0 Å². The van der Waals surface area contributed by atoms with E-state index in [0.29, 0.717) is 6.54 Å². The van der Waals surface area contributed by atoms with E-state index in [1.54, 1.807) is 0 Å². The highest BCUT2D eigenvalue weighted by molar-refractivity contribution is 7.91. The molecular weight excluding hydrogens is 350 g/mol. The molecule has 0 radical (unpaired) electrons. The van der Waals surface area contributed by atoms with Crippen LogP contribution in [0.3, 0.4) is 0 Å². The molecule has 6 nitrogen and oxygen atoms in total. The molecule has 0 spiro atoms. The number of unbranched alkanes of at least 4 members (excludes halogenated alkanes) is 11. The van der Waals surface area contributed by atoms with Crippen molar-refractivity contribution < 1.29 is 21.4 Å². The van der Waals surface area contributed by atoms with Crippen molar-refractivity contribution in [2.45, 2.75) is 84.0 Å². The van der Waals surface area contributed by atoms with Gasteiger partial charge in [0.05, 0.1) is 11.5 Å². The molecule has 0 amide bonds. The van der Waals surface area contributed by atoms with Crippen LogP contribution in [0.15, 0.2) is 0 Å². The molecule has 0 saturated heterocycles. The first kappa shape index (κ1) is 23.8.